The third-order valence-electron chi connectivity index (χ3n) is 31.8. The third-order valence-corrected chi connectivity index (χ3v) is 31.8. The molecule has 0 amide bonds. The van der Waals surface area contributed by atoms with Crippen molar-refractivity contribution >= 4 is 0 Å². The number of benzene rings is 3. The third kappa shape index (κ3) is 28.9. The van der Waals surface area contributed by atoms with E-state index in [9.17, 15) is 0 Å². The highest BCUT2D eigenvalue weighted by Gasteiger charge is 2.31. The van der Waals surface area contributed by atoms with E-state index in [1.165, 1.54) is 366 Å². The Bertz CT molecular complexity index is 2510. The van der Waals surface area contributed by atoms with Crippen LogP contribution < -0.4 is 0 Å². The Hall–Kier alpha value is -2.34. The van der Waals surface area contributed by atoms with Crippen molar-refractivity contribution in [1.29, 1.82) is 0 Å². The molecule has 0 aromatic heterocycles. The maximum absolute atomic E-state index is 2.49. The second-order valence-electron chi connectivity index (χ2n) is 38.7. The van der Waals surface area contributed by atoms with Crippen molar-refractivity contribution in [3.8, 4) is 0 Å². The van der Waals surface area contributed by atoms with E-state index in [4.69, 9.17) is 0 Å². The van der Waals surface area contributed by atoms with Gasteiger partial charge in [-0.05, 0) is 255 Å². The van der Waals surface area contributed by atoms with Crippen molar-refractivity contribution in [2.45, 2.75) is 445 Å². The van der Waals surface area contributed by atoms with E-state index < -0.39 is 0 Å². The summed E-state index contributed by atoms with van der Waals surface area (Å²) in [6.07, 6.45) is 88.4. The Morgan fingerprint density at radius 2 is 0.373 bits per heavy atom. The van der Waals surface area contributed by atoms with Gasteiger partial charge in [-0.25, -0.2) is 0 Å². The molecule has 9 fully saturated rings. The zero-order valence-electron chi connectivity index (χ0n) is 68.7. The predicted octanol–water partition coefficient (Wildman–Crippen LogP) is 32.7. The van der Waals surface area contributed by atoms with E-state index in [0.717, 1.165) is 107 Å². The summed E-state index contributed by atoms with van der Waals surface area (Å²) < 4.78 is 0. The van der Waals surface area contributed by atoms with Gasteiger partial charge in [0.2, 0.25) is 0 Å². The van der Waals surface area contributed by atoms with Crippen LogP contribution in [-0.2, 0) is 19.3 Å². The van der Waals surface area contributed by atoms with Crippen LogP contribution in [0.5, 0.6) is 0 Å². The molecule has 9 aliphatic carbocycles. The lowest BCUT2D eigenvalue weighted by Gasteiger charge is -2.32. The largest absolute Gasteiger partial charge is 0.0654 e. The van der Waals surface area contributed by atoms with Gasteiger partial charge in [0.1, 0.15) is 0 Å². The maximum atomic E-state index is 2.49. The Morgan fingerprint density at radius 3 is 0.598 bits per heavy atom. The summed E-state index contributed by atoms with van der Waals surface area (Å²) in [5, 5.41) is 0. The Labute approximate surface area is 635 Å². The van der Waals surface area contributed by atoms with E-state index in [1.807, 2.05) is 0 Å². The van der Waals surface area contributed by atoms with Gasteiger partial charge in [-0.15, -0.1) is 0 Å². The average Bonchev–Trinajstić information content (AvgIpc) is 0.876. The minimum absolute atomic E-state index is 0.837. The maximum Gasteiger partial charge on any atom is -0.0162 e. The topological polar surface area (TPSA) is 0 Å². The van der Waals surface area contributed by atoms with Gasteiger partial charge in [0.05, 0.1) is 0 Å². The van der Waals surface area contributed by atoms with E-state index >= 15 is 0 Å². The summed E-state index contributed by atoms with van der Waals surface area (Å²) in [6, 6.07) is 29.7. The molecule has 0 saturated heterocycles. The molecule has 0 aliphatic heterocycles. The SMILES string of the molecule is CCCCC[C@H]1CC[C@H](c2ccc(CC[C@H]3CC[C@H](CC[C@H]4CC[C@H](CC)CC4)CC3)cc2)CC1.CCCC[C@H]1CC[C@H](c2ccc(CC[C@H]3CC[C@H](CC[C@H]4CC[C@H](CC)CC4)CC3)cc2)CC1.CCC[C@H]1CC[C@H](c2ccc(CC[C@H]3CC[C@H](CC[C@H]4CC[C@H](CC)CC4)CC3)cc2)CC1. The Morgan fingerprint density at radius 1 is 0.176 bits per heavy atom. The minimum atomic E-state index is 0.837. The molecule has 102 heavy (non-hydrogen) atoms. The van der Waals surface area contributed by atoms with Crippen LogP contribution in [0, 0.1) is 88.8 Å². The van der Waals surface area contributed by atoms with Crippen LogP contribution in [0.3, 0.4) is 0 Å². The van der Waals surface area contributed by atoms with Crippen molar-refractivity contribution in [1.82, 2.24) is 0 Å². The monoisotopic (exact) mass is 1390 g/mol. The fraction of sp³-hybridized carbons (Fsp3) is 0.824. The van der Waals surface area contributed by atoms with E-state index in [2.05, 4.69) is 114 Å². The van der Waals surface area contributed by atoms with Crippen molar-refractivity contribution < 1.29 is 0 Å². The second kappa shape index (κ2) is 46.9. The average molecular weight is 1390 g/mol. The Balaban J connectivity index is 0.000000165. The van der Waals surface area contributed by atoms with Crippen molar-refractivity contribution in [2.24, 2.45) is 88.8 Å². The fourth-order valence-electron chi connectivity index (χ4n) is 23.5. The van der Waals surface area contributed by atoms with E-state index in [-0.39, 0.29) is 0 Å². The number of hydrogen-bond donors (Lipinski definition) is 0. The molecular formula is C102H168. The Kier molecular flexibility index (Phi) is 37.8. The molecule has 0 heterocycles. The predicted molar refractivity (Wildman–Crippen MR) is 448 cm³/mol. The normalized spacial score (nSPS) is 32.5. The molecule has 9 saturated carbocycles. The summed E-state index contributed by atoms with van der Waals surface area (Å²) in [5.41, 5.74) is 9.64. The molecule has 0 nitrogen and oxygen atoms in total. The molecule has 0 unspecified atom stereocenters. The molecule has 12 rings (SSSR count). The first-order valence-electron chi connectivity index (χ1n) is 47.5. The summed E-state index contributed by atoms with van der Waals surface area (Å²) in [7, 11) is 0. The van der Waals surface area contributed by atoms with Gasteiger partial charge in [-0.3, -0.25) is 0 Å². The molecule has 0 spiro atoms. The highest BCUT2D eigenvalue weighted by atomic mass is 14.4. The number of hydrogen-bond acceptors (Lipinski definition) is 0. The van der Waals surface area contributed by atoms with Gasteiger partial charge in [0.15, 0.2) is 0 Å². The van der Waals surface area contributed by atoms with Crippen molar-refractivity contribution in [2.75, 3.05) is 0 Å². The first kappa shape index (κ1) is 82.2. The molecular weight excluding hydrogens is 1230 g/mol. The molecule has 0 radical (unpaired) electrons. The van der Waals surface area contributed by atoms with Gasteiger partial charge in [-0.2, -0.15) is 0 Å². The zero-order chi connectivity index (χ0) is 70.8. The summed E-state index contributed by atoms with van der Waals surface area (Å²) in [4.78, 5) is 0. The lowest BCUT2D eigenvalue weighted by atomic mass is 9.74. The summed E-state index contributed by atoms with van der Waals surface area (Å²) >= 11 is 0. The lowest BCUT2D eigenvalue weighted by molar-refractivity contribution is 0.212. The number of aryl methyl sites for hydroxylation is 3. The minimum Gasteiger partial charge on any atom is -0.0654 e. The first-order chi connectivity index (χ1) is 50.2. The molecule has 3 aromatic carbocycles. The van der Waals surface area contributed by atoms with Gasteiger partial charge in [0.25, 0.3) is 0 Å². The standard InChI is InChI=1S/C35H58.C34H56.C33H54/c1-3-5-6-7-29-20-24-34(25-21-29)35-26-22-33(23-27-35)19-18-32-16-14-31(15-17-32)13-12-30-10-8-28(4-2)9-11-30;1-3-5-6-28-19-23-33(24-20-28)34-25-21-32(22-26-34)18-17-31-15-13-30(14-16-31)12-11-29-9-7-27(4-2)8-10-29;1-3-5-27-18-22-32(23-19-27)33-24-20-31(21-25-33)17-16-30-14-12-29(13-15-30)11-10-28-8-6-26(4-2)7-9-28/h22-23,26-32,34H,3-21,24-25H2,1-2H3;21-22,25-31,33H,3-20,23-24H2,1-2H3;20-21,24-30,32H,3-19,22-23H2,1-2H3/t28-,29-,30-,31-,32-,34-;27-,28-,29-,30-,31-,33-;26-,27-,28-,29-,30-,32-. The zero-order valence-corrected chi connectivity index (χ0v) is 68.7. The van der Waals surface area contributed by atoms with Crippen LogP contribution in [0.4, 0.5) is 0 Å². The first-order valence-corrected chi connectivity index (χ1v) is 47.5. The van der Waals surface area contributed by atoms with Crippen molar-refractivity contribution in [3.05, 3.63) is 106 Å². The van der Waals surface area contributed by atoms with Crippen LogP contribution in [0.25, 0.3) is 0 Å². The summed E-state index contributed by atoms with van der Waals surface area (Å²) in [6.45, 7) is 14.2. The van der Waals surface area contributed by atoms with E-state index in [0.29, 0.717) is 0 Å². The van der Waals surface area contributed by atoms with E-state index in [1.54, 1.807) is 52.6 Å². The smallest absolute Gasteiger partial charge is 0.0162 e. The van der Waals surface area contributed by atoms with Crippen LogP contribution in [-0.4, -0.2) is 0 Å². The molecule has 0 atom stereocenters. The van der Waals surface area contributed by atoms with Crippen LogP contribution in [0.2, 0.25) is 0 Å². The van der Waals surface area contributed by atoms with Crippen LogP contribution >= 0.6 is 0 Å². The summed E-state index contributed by atoms with van der Waals surface area (Å²) in [5.74, 6) is 18.1. The lowest BCUT2D eigenvalue weighted by Crippen LogP contribution is -2.18. The second-order valence-corrected chi connectivity index (χ2v) is 38.7. The molecule has 576 valence electrons. The highest BCUT2D eigenvalue weighted by Crippen LogP contribution is 2.45. The quantitative estimate of drug-likeness (QED) is 0.0533. The number of unbranched alkanes of at least 4 members (excludes halogenated alkanes) is 3. The fourth-order valence-corrected chi connectivity index (χ4v) is 23.5. The van der Waals surface area contributed by atoms with Gasteiger partial charge in [0, 0.05) is 0 Å². The molecule has 0 bridgehead atoms. The molecule has 9 aliphatic rings. The molecule has 0 heteroatoms. The number of rotatable bonds is 33. The van der Waals surface area contributed by atoms with Crippen molar-refractivity contribution in [3.63, 3.8) is 0 Å². The van der Waals surface area contributed by atoms with Gasteiger partial charge in [-0.1, -0.05) is 384 Å². The van der Waals surface area contributed by atoms with Crippen LogP contribution in [0.15, 0.2) is 72.8 Å². The molecule has 0 N–H and O–H groups in total. The van der Waals surface area contributed by atoms with Gasteiger partial charge < -0.3 is 0 Å². The highest BCUT2D eigenvalue weighted by molar-refractivity contribution is 5.28. The van der Waals surface area contributed by atoms with Gasteiger partial charge >= 0.3 is 0 Å². The molecule has 3 aromatic rings. The van der Waals surface area contributed by atoms with Crippen LogP contribution in [0.1, 0.15) is 459 Å².